The van der Waals surface area contributed by atoms with Crippen LogP contribution in [0.5, 0.6) is 0 Å². The van der Waals surface area contributed by atoms with Crippen molar-refractivity contribution in [3.8, 4) is 11.3 Å². The van der Waals surface area contributed by atoms with Gasteiger partial charge in [0.1, 0.15) is 17.0 Å². The number of pyridine rings is 1. The lowest BCUT2D eigenvalue weighted by atomic mass is 9.86. The zero-order valence-electron chi connectivity index (χ0n) is 14.0. The number of aldehydes is 1. The summed E-state index contributed by atoms with van der Waals surface area (Å²) in [6.45, 7) is 10.3. The van der Waals surface area contributed by atoms with Crippen molar-refractivity contribution in [1.82, 2.24) is 10.1 Å². The van der Waals surface area contributed by atoms with Crippen LogP contribution in [-0.2, 0) is 4.43 Å². The van der Waals surface area contributed by atoms with E-state index < -0.39 is 9.04 Å². The monoisotopic (exact) mass is 352 g/mol. The minimum absolute atomic E-state index is 0.232. The average Bonchev–Trinajstić information content (AvgIpc) is 2.87. The smallest absolute Gasteiger partial charge is 0.175 e. The maximum absolute atomic E-state index is 11.7. The highest BCUT2D eigenvalue weighted by Crippen LogP contribution is 2.40. The lowest BCUT2D eigenvalue weighted by Gasteiger charge is -2.30. The fraction of sp³-hybridized carbons (Fsp3) is 0.438. The predicted octanol–water partition coefficient (Wildman–Crippen LogP) is 4.29. The summed E-state index contributed by atoms with van der Waals surface area (Å²) in [5.41, 5.74) is 1.11. The Kier molecular flexibility index (Phi) is 5.39. The SMILES string of the molecule is C[SiH](C)OC(c1onc(-c2cccnc2Cl)c1C=O)C(C)(C)C. The summed E-state index contributed by atoms with van der Waals surface area (Å²) in [4.78, 5) is 15.7. The van der Waals surface area contributed by atoms with Crippen LogP contribution in [0.2, 0.25) is 18.2 Å². The molecule has 0 aliphatic rings. The molecule has 5 nitrogen and oxygen atoms in total. The number of nitrogens with zero attached hydrogens (tertiary/aromatic N) is 2. The van der Waals surface area contributed by atoms with Gasteiger partial charge in [-0.05, 0) is 30.6 Å². The molecular weight excluding hydrogens is 332 g/mol. The van der Waals surface area contributed by atoms with Crippen LogP contribution in [0, 0.1) is 5.41 Å². The van der Waals surface area contributed by atoms with E-state index in [1.165, 1.54) is 0 Å². The molecule has 0 aromatic carbocycles. The molecule has 124 valence electrons. The maximum atomic E-state index is 11.7. The molecule has 2 aromatic heterocycles. The molecule has 0 aliphatic carbocycles. The minimum atomic E-state index is -1.35. The van der Waals surface area contributed by atoms with Crippen LogP contribution in [0.3, 0.4) is 0 Å². The van der Waals surface area contributed by atoms with Gasteiger partial charge in [0, 0.05) is 11.8 Å². The molecule has 23 heavy (non-hydrogen) atoms. The molecule has 2 heterocycles. The number of carbonyl (C=O) groups is 1. The molecule has 7 heteroatoms. The van der Waals surface area contributed by atoms with Crippen molar-refractivity contribution in [1.29, 1.82) is 0 Å². The van der Waals surface area contributed by atoms with E-state index in [0.717, 1.165) is 6.29 Å². The summed E-state index contributed by atoms with van der Waals surface area (Å²) in [5, 5.41) is 4.34. The van der Waals surface area contributed by atoms with Gasteiger partial charge in [-0.1, -0.05) is 37.5 Å². The first-order chi connectivity index (χ1) is 10.8. The third-order valence-corrected chi connectivity index (χ3v) is 4.44. The van der Waals surface area contributed by atoms with E-state index in [1.807, 2.05) is 20.8 Å². The van der Waals surface area contributed by atoms with Crippen LogP contribution in [0.4, 0.5) is 0 Å². The Bertz CT molecular complexity index is 695. The second kappa shape index (κ2) is 6.94. The van der Waals surface area contributed by atoms with Crippen molar-refractivity contribution >= 4 is 26.9 Å². The molecule has 1 unspecified atom stereocenters. The molecule has 0 amide bonds. The highest BCUT2D eigenvalue weighted by atomic mass is 35.5. The number of halogens is 1. The van der Waals surface area contributed by atoms with E-state index in [-0.39, 0.29) is 16.7 Å². The predicted molar refractivity (Wildman–Crippen MR) is 92.3 cm³/mol. The van der Waals surface area contributed by atoms with Crippen molar-refractivity contribution in [3.05, 3.63) is 34.8 Å². The molecule has 0 aliphatic heterocycles. The Morgan fingerprint density at radius 1 is 1.39 bits per heavy atom. The zero-order valence-corrected chi connectivity index (χ0v) is 15.9. The highest BCUT2D eigenvalue weighted by molar-refractivity contribution is 6.48. The lowest BCUT2D eigenvalue weighted by molar-refractivity contribution is 0.0593. The van der Waals surface area contributed by atoms with Gasteiger partial charge in [-0.3, -0.25) is 4.79 Å². The lowest BCUT2D eigenvalue weighted by Crippen LogP contribution is -2.26. The van der Waals surface area contributed by atoms with E-state index in [4.69, 9.17) is 20.6 Å². The van der Waals surface area contributed by atoms with E-state index in [9.17, 15) is 4.79 Å². The molecule has 0 fully saturated rings. The second-order valence-corrected chi connectivity index (χ2v) is 9.43. The fourth-order valence-corrected chi connectivity index (χ4v) is 3.59. The molecule has 2 rings (SSSR count). The maximum Gasteiger partial charge on any atom is 0.175 e. The molecule has 2 aromatic rings. The van der Waals surface area contributed by atoms with Crippen LogP contribution in [-0.4, -0.2) is 25.5 Å². The van der Waals surface area contributed by atoms with E-state index in [2.05, 4.69) is 23.2 Å². The number of hydrogen-bond donors (Lipinski definition) is 0. The van der Waals surface area contributed by atoms with Crippen LogP contribution in [0.15, 0.2) is 22.9 Å². The molecule has 0 radical (unpaired) electrons. The van der Waals surface area contributed by atoms with Crippen LogP contribution in [0.25, 0.3) is 11.3 Å². The Balaban J connectivity index is 2.56. The number of hydrogen-bond acceptors (Lipinski definition) is 5. The third kappa shape index (κ3) is 3.88. The standard InChI is InChI=1S/C16H21ClN2O3Si/c1-16(2,3)14(22-23(4)5)13-11(9-20)12(19-21-13)10-7-6-8-18-15(10)17/h6-9,14,23H,1-5H3. The van der Waals surface area contributed by atoms with Gasteiger partial charge in [-0.25, -0.2) is 4.98 Å². The summed E-state index contributed by atoms with van der Waals surface area (Å²) < 4.78 is 11.6. The summed E-state index contributed by atoms with van der Waals surface area (Å²) in [7, 11) is -1.35. The van der Waals surface area contributed by atoms with Gasteiger partial charge < -0.3 is 8.95 Å². The first-order valence-electron chi connectivity index (χ1n) is 7.46. The molecular formula is C16H21ClN2O3Si. The van der Waals surface area contributed by atoms with Crippen molar-refractivity contribution in [2.75, 3.05) is 0 Å². The number of carbonyl (C=O) groups excluding carboxylic acids is 1. The summed E-state index contributed by atoms with van der Waals surface area (Å²) in [6.07, 6.45) is 1.99. The fourth-order valence-electron chi connectivity index (χ4n) is 2.30. The van der Waals surface area contributed by atoms with Crippen LogP contribution in [0.1, 0.15) is 43.0 Å². The van der Waals surface area contributed by atoms with Gasteiger partial charge in [0.25, 0.3) is 0 Å². The normalized spacial score (nSPS) is 13.3. The van der Waals surface area contributed by atoms with Crippen molar-refractivity contribution in [2.24, 2.45) is 5.41 Å². The average molecular weight is 353 g/mol. The zero-order chi connectivity index (χ0) is 17.2. The largest absolute Gasteiger partial charge is 0.410 e. The summed E-state index contributed by atoms with van der Waals surface area (Å²) in [6, 6.07) is 3.50. The van der Waals surface area contributed by atoms with E-state index in [1.54, 1.807) is 18.3 Å². The molecule has 0 saturated heterocycles. The van der Waals surface area contributed by atoms with Crippen LogP contribution < -0.4 is 0 Å². The van der Waals surface area contributed by atoms with Crippen LogP contribution >= 0.6 is 11.6 Å². The van der Waals surface area contributed by atoms with Crippen molar-refractivity contribution < 1.29 is 13.7 Å². The van der Waals surface area contributed by atoms with E-state index >= 15 is 0 Å². The van der Waals surface area contributed by atoms with Gasteiger partial charge in [0.15, 0.2) is 21.1 Å². The van der Waals surface area contributed by atoms with Gasteiger partial charge >= 0.3 is 0 Å². The van der Waals surface area contributed by atoms with Gasteiger partial charge in [0.05, 0.1) is 5.56 Å². The Hall–Kier alpha value is -1.50. The molecule has 0 bridgehead atoms. The van der Waals surface area contributed by atoms with Gasteiger partial charge in [0.2, 0.25) is 0 Å². The Morgan fingerprint density at radius 2 is 2.09 bits per heavy atom. The van der Waals surface area contributed by atoms with Crippen molar-refractivity contribution in [2.45, 2.75) is 40.0 Å². The third-order valence-electron chi connectivity index (χ3n) is 3.32. The molecule has 0 saturated carbocycles. The first kappa shape index (κ1) is 17.8. The topological polar surface area (TPSA) is 65.2 Å². The minimum Gasteiger partial charge on any atom is -0.410 e. The quantitative estimate of drug-likeness (QED) is 0.456. The first-order valence-corrected chi connectivity index (χ1v) is 10.6. The molecule has 1 atom stereocenters. The summed E-state index contributed by atoms with van der Waals surface area (Å²) >= 11 is 6.12. The highest BCUT2D eigenvalue weighted by Gasteiger charge is 2.35. The van der Waals surface area contributed by atoms with Gasteiger partial charge in [-0.2, -0.15) is 0 Å². The number of aromatic nitrogens is 2. The number of rotatable bonds is 5. The Labute approximate surface area is 142 Å². The summed E-state index contributed by atoms with van der Waals surface area (Å²) in [5.74, 6) is 0.448. The molecule has 0 N–H and O–H groups in total. The van der Waals surface area contributed by atoms with Gasteiger partial charge in [-0.15, -0.1) is 0 Å². The van der Waals surface area contributed by atoms with Crippen molar-refractivity contribution in [3.63, 3.8) is 0 Å². The second-order valence-electron chi connectivity index (χ2n) is 6.70. The van der Waals surface area contributed by atoms with E-state index in [0.29, 0.717) is 22.6 Å². The Morgan fingerprint density at radius 3 is 2.61 bits per heavy atom. The molecule has 0 spiro atoms.